The van der Waals surface area contributed by atoms with Gasteiger partial charge in [0.2, 0.25) is 11.8 Å². The van der Waals surface area contributed by atoms with Gasteiger partial charge in [-0.15, -0.1) is 0 Å². The lowest BCUT2D eigenvalue weighted by Gasteiger charge is -2.18. The van der Waals surface area contributed by atoms with Crippen molar-refractivity contribution in [3.05, 3.63) is 35.9 Å². The average Bonchev–Trinajstić information content (AvgIpc) is 2.52. The van der Waals surface area contributed by atoms with Crippen molar-refractivity contribution in [3.63, 3.8) is 0 Å². The monoisotopic (exact) mass is 336 g/mol. The van der Waals surface area contributed by atoms with E-state index in [-0.39, 0.29) is 25.4 Å². The Morgan fingerprint density at radius 2 is 1.83 bits per heavy atom. The molecule has 0 saturated carbocycles. The van der Waals surface area contributed by atoms with Crippen LogP contribution >= 0.6 is 0 Å². The van der Waals surface area contributed by atoms with Crippen LogP contribution in [0.5, 0.6) is 0 Å². The number of nitrogens with one attached hydrogen (secondary N) is 1. The van der Waals surface area contributed by atoms with Gasteiger partial charge in [-0.3, -0.25) is 14.4 Å². The number of hydrogen-bond acceptors (Lipinski definition) is 5. The molecule has 2 amide bonds. The molecule has 0 aliphatic rings. The highest BCUT2D eigenvalue weighted by Crippen LogP contribution is 2.06. The molecule has 1 aromatic carbocycles. The molecule has 0 saturated heterocycles. The Balaban J connectivity index is 2.51. The topological polar surface area (TPSA) is 119 Å². The van der Waals surface area contributed by atoms with E-state index in [1.54, 1.807) is 12.1 Å². The Labute approximate surface area is 141 Å². The molecule has 0 aromatic heterocycles. The average molecular weight is 336 g/mol. The van der Waals surface area contributed by atoms with Gasteiger partial charge < -0.3 is 20.9 Å². The second-order valence-electron chi connectivity index (χ2n) is 5.96. The molecule has 2 atom stereocenters. The first-order valence-electron chi connectivity index (χ1n) is 7.77. The SMILES string of the molecule is CC(C)C[C@@H](O)C(=O)N[C@H](CC(=O)OCc1ccccc1)C(N)=O. The summed E-state index contributed by atoms with van der Waals surface area (Å²) in [6, 6.07) is 7.83. The number of nitrogens with two attached hydrogens (primary N) is 1. The highest BCUT2D eigenvalue weighted by Gasteiger charge is 2.26. The van der Waals surface area contributed by atoms with Gasteiger partial charge in [0.15, 0.2) is 0 Å². The number of primary amides is 1. The summed E-state index contributed by atoms with van der Waals surface area (Å²) in [6.45, 7) is 3.76. The van der Waals surface area contributed by atoms with Gasteiger partial charge in [-0.2, -0.15) is 0 Å². The van der Waals surface area contributed by atoms with E-state index >= 15 is 0 Å². The third-order valence-corrected chi connectivity index (χ3v) is 3.27. The quantitative estimate of drug-likeness (QED) is 0.567. The smallest absolute Gasteiger partial charge is 0.308 e. The second-order valence-corrected chi connectivity index (χ2v) is 5.96. The zero-order valence-electron chi connectivity index (χ0n) is 13.9. The molecule has 0 heterocycles. The van der Waals surface area contributed by atoms with Crippen LogP contribution in [0.15, 0.2) is 30.3 Å². The van der Waals surface area contributed by atoms with Gasteiger partial charge in [-0.05, 0) is 17.9 Å². The molecule has 0 unspecified atom stereocenters. The molecule has 0 aliphatic carbocycles. The fraction of sp³-hybridized carbons (Fsp3) is 0.471. The van der Waals surface area contributed by atoms with Crippen molar-refractivity contribution in [2.45, 2.75) is 45.4 Å². The number of aliphatic hydroxyl groups is 1. The van der Waals surface area contributed by atoms with Crippen LogP contribution in [0.4, 0.5) is 0 Å². The molecular formula is C17H24N2O5. The Bertz CT molecular complexity index is 559. The van der Waals surface area contributed by atoms with Crippen LogP contribution in [0, 0.1) is 5.92 Å². The van der Waals surface area contributed by atoms with Gasteiger partial charge in [0.05, 0.1) is 6.42 Å². The number of carbonyl (C=O) groups is 3. The van der Waals surface area contributed by atoms with Crippen LogP contribution in [0.2, 0.25) is 0 Å². The first-order chi connectivity index (χ1) is 11.3. The summed E-state index contributed by atoms with van der Waals surface area (Å²) in [7, 11) is 0. The summed E-state index contributed by atoms with van der Waals surface area (Å²) >= 11 is 0. The first-order valence-corrected chi connectivity index (χ1v) is 7.77. The van der Waals surface area contributed by atoms with Gasteiger partial charge >= 0.3 is 5.97 Å². The van der Waals surface area contributed by atoms with Crippen molar-refractivity contribution in [3.8, 4) is 0 Å². The maximum absolute atomic E-state index is 11.8. The summed E-state index contributed by atoms with van der Waals surface area (Å²) in [5.41, 5.74) is 6.00. The number of hydrogen-bond donors (Lipinski definition) is 3. The number of rotatable bonds is 9. The molecule has 4 N–H and O–H groups in total. The van der Waals surface area contributed by atoms with E-state index in [1.807, 2.05) is 32.0 Å². The number of carbonyl (C=O) groups excluding carboxylic acids is 3. The lowest BCUT2D eigenvalue weighted by Crippen LogP contribution is -2.49. The van der Waals surface area contributed by atoms with Crippen LogP contribution in [0.1, 0.15) is 32.3 Å². The van der Waals surface area contributed by atoms with E-state index in [9.17, 15) is 19.5 Å². The van der Waals surface area contributed by atoms with Crippen LogP contribution < -0.4 is 11.1 Å². The molecule has 0 spiro atoms. The predicted molar refractivity (Wildman–Crippen MR) is 87.4 cm³/mol. The molecule has 0 aliphatic heterocycles. The zero-order valence-corrected chi connectivity index (χ0v) is 13.9. The van der Waals surface area contributed by atoms with E-state index in [2.05, 4.69) is 5.32 Å². The fourth-order valence-corrected chi connectivity index (χ4v) is 2.01. The van der Waals surface area contributed by atoms with Crippen molar-refractivity contribution in [1.82, 2.24) is 5.32 Å². The number of aliphatic hydroxyl groups excluding tert-OH is 1. The molecule has 7 nitrogen and oxygen atoms in total. The molecule has 1 aromatic rings. The Hall–Kier alpha value is -2.41. The maximum atomic E-state index is 11.8. The maximum Gasteiger partial charge on any atom is 0.308 e. The van der Waals surface area contributed by atoms with E-state index in [4.69, 9.17) is 10.5 Å². The lowest BCUT2D eigenvalue weighted by molar-refractivity contribution is -0.147. The second kappa shape index (κ2) is 9.67. The third kappa shape index (κ3) is 7.23. The zero-order chi connectivity index (χ0) is 18.1. The van der Waals surface area contributed by atoms with Gasteiger partial charge in [-0.25, -0.2) is 0 Å². The van der Waals surface area contributed by atoms with E-state index in [0.29, 0.717) is 0 Å². The Morgan fingerprint density at radius 3 is 2.38 bits per heavy atom. The minimum absolute atomic E-state index is 0.0646. The van der Waals surface area contributed by atoms with Crippen molar-refractivity contribution >= 4 is 17.8 Å². The Morgan fingerprint density at radius 1 is 1.21 bits per heavy atom. The van der Waals surface area contributed by atoms with Crippen molar-refractivity contribution < 1.29 is 24.2 Å². The van der Waals surface area contributed by atoms with Crippen LogP contribution in [-0.2, 0) is 25.7 Å². The van der Waals surface area contributed by atoms with Crippen molar-refractivity contribution in [2.24, 2.45) is 11.7 Å². The first kappa shape index (κ1) is 19.6. The van der Waals surface area contributed by atoms with Gasteiger partial charge in [0.25, 0.3) is 0 Å². The minimum atomic E-state index is -1.26. The minimum Gasteiger partial charge on any atom is -0.461 e. The fourth-order valence-electron chi connectivity index (χ4n) is 2.01. The van der Waals surface area contributed by atoms with Gasteiger partial charge in [0.1, 0.15) is 18.8 Å². The Kier molecular flexibility index (Phi) is 7.91. The molecule has 0 fully saturated rings. The summed E-state index contributed by atoms with van der Waals surface area (Å²) < 4.78 is 5.05. The molecule has 132 valence electrons. The lowest BCUT2D eigenvalue weighted by atomic mass is 10.0. The van der Waals surface area contributed by atoms with E-state index in [0.717, 1.165) is 5.56 Å². The third-order valence-electron chi connectivity index (χ3n) is 3.27. The van der Waals surface area contributed by atoms with E-state index < -0.39 is 29.9 Å². The molecule has 7 heteroatoms. The molecular weight excluding hydrogens is 312 g/mol. The summed E-state index contributed by atoms with van der Waals surface area (Å²) in [6.07, 6.45) is -1.40. The summed E-state index contributed by atoms with van der Waals surface area (Å²) in [5, 5.41) is 12.0. The molecule has 1 rings (SSSR count). The van der Waals surface area contributed by atoms with Crippen molar-refractivity contribution in [2.75, 3.05) is 0 Å². The van der Waals surface area contributed by atoms with Gasteiger partial charge in [0, 0.05) is 0 Å². The number of benzene rings is 1. The number of ether oxygens (including phenoxy) is 1. The highest BCUT2D eigenvalue weighted by atomic mass is 16.5. The van der Waals surface area contributed by atoms with Crippen LogP contribution in [0.3, 0.4) is 0 Å². The van der Waals surface area contributed by atoms with Gasteiger partial charge in [-0.1, -0.05) is 44.2 Å². The summed E-state index contributed by atoms with van der Waals surface area (Å²) in [5.74, 6) is -2.16. The van der Waals surface area contributed by atoms with Crippen LogP contribution in [-0.4, -0.2) is 35.0 Å². The standard InChI is InChI=1S/C17H24N2O5/c1-11(2)8-14(20)17(23)19-13(16(18)22)9-15(21)24-10-12-6-4-3-5-7-12/h3-7,11,13-14,20H,8-10H2,1-2H3,(H2,18,22)(H,19,23)/t13-,14-/m1/s1. The normalized spacial score (nSPS) is 13.2. The summed E-state index contributed by atoms with van der Waals surface area (Å²) in [4.78, 5) is 35.1. The molecule has 0 bridgehead atoms. The number of esters is 1. The van der Waals surface area contributed by atoms with Crippen molar-refractivity contribution in [1.29, 1.82) is 0 Å². The van der Waals surface area contributed by atoms with Crippen LogP contribution in [0.25, 0.3) is 0 Å². The highest BCUT2D eigenvalue weighted by molar-refractivity contribution is 5.91. The molecule has 0 radical (unpaired) electrons. The largest absolute Gasteiger partial charge is 0.461 e. The van der Waals surface area contributed by atoms with E-state index in [1.165, 1.54) is 0 Å². The molecule has 24 heavy (non-hydrogen) atoms. The predicted octanol–water partition coefficient (Wildman–Crippen LogP) is 0.497. The number of amides is 2.